The third kappa shape index (κ3) is 4.89. The number of rotatable bonds is 4. The fourth-order valence-electron chi connectivity index (χ4n) is 2.53. The number of thiazole rings is 1. The lowest BCUT2D eigenvalue weighted by Crippen LogP contribution is -2.32. The lowest BCUT2D eigenvalue weighted by Gasteiger charge is -2.13. The average molecular weight is 359 g/mol. The predicted octanol–water partition coefficient (Wildman–Crippen LogP) is 3.73. The molecule has 0 atom stereocenters. The molecule has 1 aromatic carbocycles. The molecule has 5 nitrogen and oxygen atoms in total. The molecule has 2 aromatic rings. The van der Waals surface area contributed by atoms with Crippen molar-refractivity contribution in [1.82, 2.24) is 10.3 Å². The van der Waals surface area contributed by atoms with Crippen molar-refractivity contribution in [2.75, 3.05) is 11.9 Å². The molecule has 0 unspecified atom stereocenters. The van der Waals surface area contributed by atoms with E-state index in [0.29, 0.717) is 4.88 Å². The Labute approximate surface area is 152 Å². The number of nitrogens with zero attached hydrogens (tertiary/aromatic N) is 1. The van der Waals surface area contributed by atoms with Crippen LogP contribution in [0.3, 0.4) is 0 Å². The molecule has 0 aliphatic heterocycles. The number of anilines is 1. The molecule has 1 heterocycles. The largest absolute Gasteiger partial charge is 0.342 e. The quantitative estimate of drug-likeness (QED) is 0.874. The lowest BCUT2D eigenvalue weighted by molar-refractivity contribution is -0.115. The summed E-state index contributed by atoms with van der Waals surface area (Å²) in [6.07, 6.45) is 1.56. The summed E-state index contributed by atoms with van der Waals surface area (Å²) in [4.78, 5) is 29.2. The number of carbonyl (C=O) groups is 2. The van der Waals surface area contributed by atoms with Gasteiger partial charge in [0.25, 0.3) is 5.91 Å². The van der Waals surface area contributed by atoms with E-state index in [1.165, 1.54) is 11.3 Å². The summed E-state index contributed by atoms with van der Waals surface area (Å²) in [5.74, 6) is -0.524. The molecule has 0 spiro atoms. The molecule has 2 amide bonds. The summed E-state index contributed by atoms with van der Waals surface area (Å²) in [7, 11) is 0. The molecule has 0 radical (unpaired) electrons. The molecule has 1 aromatic heterocycles. The Bertz CT molecular complexity index is 780. The van der Waals surface area contributed by atoms with Crippen LogP contribution >= 0.6 is 11.3 Å². The summed E-state index contributed by atoms with van der Waals surface area (Å²) in [6, 6.07) is 4.04. The minimum atomic E-state index is -0.277. The smallest absolute Gasteiger partial charge is 0.263 e. The van der Waals surface area contributed by atoms with Crippen LogP contribution in [-0.2, 0) is 10.2 Å². The van der Waals surface area contributed by atoms with E-state index in [4.69, 9.17) is 0 Å². The van der Waals surface area contributed by atoms with Crippen LogP contribution in [0.5, 0.6) is 0 Å². The van der Waals surface area contributed by atoms with Crippen LogP contribution in [0.2, 0.25) is 0 Å². The minimum absolute atomic E-state index is 0.0751. The zero-order valence-electron chi connectivity index (χ0n) is 15.6. The van der Waals surface area contributed by atoms with Crippen LogP contribution in [0.15, 0.2) is 18.3 Å². The summed E-state index contributed by atoms with van der Waals surface area (Å²) in [5.41, 5.74) is 3.88. The average Bonchev–Trinajstić information content (AvgIpc) is 2.98. The van der Waals surface area contributed by atoms with Gasteiger partial charge in [-0.05, 0) is 31.9 Å². The van der Waals surface area contributed by atoms with E-state index in [9.17, 15) is 9.59 Å². The number of hydrogen-bond acceptors (Lipinski definition) is 4. The Morgan fingerprint density at radius 3 is 2.24 bits per heavy atom. The van der Waals surface area contributed by atoms with Crippen molar-refractivity contribution < 1.29 is 9.59 Å². The SMILES string of the molecule is Cc1cc(C)c(NC(=O)CNC(=O)c2cnc(C(C)(C)C)s2)c(C)c1. The van der Waals surface area contributed by atoms with Crippen molar-refractivity contribution in [3.63, 3.8) is 0 Å². The van der Waals surface area contributed by atoms with E-state index < -0.39 is 0 Å². The van der Waals surface area contributed by atoms with Gasteiger partial charge in [-0.3, -0.25) is 9.59 Å². The van der Waals surface area contributed by atoms with Crippen LogP contribution in [-0.4, -0.2) is 23.3 Å². The second kappa shape index (κ2) is 7.35. The van der Waals surface area contributed by atoms with Crippen LogP contribution in [0.4, 0.5) is 5.69 Å². The van der Waals surface area contributed by atoms with Crippen molar-refractivity contribution in [3.05, 3.63) is 44.9 Å². The number of aromatic nitrogens is 1. The number of hydrogen-bond donors (Lipinski definition) is 2. The van der Waals surface area contributed by atoms with Crippen molar-refractivity contribution in [2.24, 2.45) is 0 Å². The Morgan fingerprint density at radius 1 is 1.12 bits per heavy atom. The summed E-state index contributed by atoms with van der Waals surface area (Å²) >= 11 is 1.36. The Kier molecular flexibility index (Phi) is 5.62. The van der Waals surface area contributed by atoms with Gasteiger partial charge >= 0.3 is 0 Å². The number of nitrogens with one attached hydrogen (secondary N) is 2. The van der Waals surface area contributed by atoms with E-state index in [2.05, 4.69) is 15.6 Å². The van der Waals surface area contributed by atoms with Gasteiger partial charge in [-0.25, -0.2) is 4.98 Å². The van der Waals surface area contributed by atoms with Gasteiger partial charge in [0.15, 0.2) is 0 Å². The molecular formula is C19H25N3O2S. The molecule has 25 heavy (non-hydrogen) atoms. The van der Waals surface area contributed by atoms with Crippen molar-refractivity contribution in [2.45, 2.75) is 47.0 Å². The topological polar surface area (TPSA) is 71.1 Å². The van der Waals surface area contributed by atoms with Gasteiger partial charge in [-0.15, -0.1) is 11.3 Å². The predicted molar refractivity (Wildman–Crippen MR) is 102 cm³/mol. The third-order valence-corrected chi connectivity index (χ3v) is 5.14. The molecule has 0 saturated heterocycles. The van der Waals surface area contributed by atoms with Crippen LogP contribution in [0.25, 0.3) is 0 Å². The van der Waals surface area contributed by atoms with Gasteiger partial charge in [0.1, 0.15) is 4.88 Å². The molecule has 0 saturated carbocycles. The third-order valence-electron chi connectivity index (χ3n) is 3.72. The molecule has 134 valence electrons. The molecule has 0 fully saturated rings. The lowest BCUT2D eigenvalue weighted by atomic mass is 9.98. The van der Waals surface area contributed by atoms with Gasteiger partial charge < -0.3 is 10.6 Å². The van der Waals surface area contributed by atoms with E-state index >= 15 is 0 Å². The highest BCUT2D eigenvalue weighted by atomic mass is 32.1. The van der Waals surface area contributed by atoms with Gasteiger partial charge in [0, 0.05) is 11.1 Å². The maximum absolute atomic E-state index is 12.2. The van der Waals surface area contributed by atoms with Gasteiger partial charge in [-0.1, -0.05) is 38.5 Å². The number of amides is 2. The summed E-state index contributed by atoms with van der Waals surface area (Å²) in [6.45, 7) is 12.0. The molecule has 0 aliphatic carbocycles. The molecule has 6 heteroatoms. The first kappa shape index (κ1) is 19.1. The highest BCUT2D eigenvalue weighted by molar-refractivity contribution is 7.13. The fourth-order valence-corrected chi connectivity index (χ4v) is 3.42. The van der Waals surface area contributed by atoms with Crippen molar-refractivity contribution in [1.29, 1.82) is 0 Å². The highest BCUT2D eigenvalue weighted by Crippen LogP contribution is 2.26. The van der Waals surface area contributed by atoms with E-state index in [0.717, 1.165) is 27.4 Å². The number of carbonyl (C=O) groups excluding carboxylic acids is 2. The standard InChI is InChI=1S/C19H25N3O2S/c1-11-7-12(2)16(13(3)8-11)22-15(23)10-20-17(24)14-9-21-18(25-14)19(4,5)6/h7-9H,10H2,1-6H3,(H,20,24)(H,22,23). The van der Waals surface area contributed by atoms with Gasteiger partial charge in [0.05, 0.1) is 17.7 Å². The van der Waals surface area contributed by atoms with E-state index in [1.807, 2.05) is 53.7 Å². The maximum Gasteiger partial charge on any atom is 0.263 e. The Morgan fingerprint density at radius 2 is 1.72 bits per heavy atom. The van der Waals surface area contributed by atoms with E-state index in [1.54, 1.807) is 6.20 Å². The first-order valence-electron chi connectivity index (χ1n) is 8.20. The maximum atomic E-state index is 12.2. The normalized spacial score (nSPS) is 11.3. The summed E-state index contributed by atoms with van der Waals surface area (Å²) in [5, 5.41) is 6.43. The molecular weight excluding hydrogens is 334 g/mol. The second-order valence-corrected chi connectivity index (χ2v) is 8.31. The Hall–Kier alpha value is -2.21. The number of benzene rings is 1. The van der Waals surface area contributed by atoms with Crippen molar-refractivity contribution in [3.8, 4) is 0 Å². The monoisotopic (exact) mass is 359 g/mol. The van der Waals surface area contributed by atoms with Crippen molar-refractivity contribution >= 4 is 28.8 Å². The van der Waals surface area contributed by atoms with Gasteiger partial charge in [-0.2, -0.15) is 0 Å². The molecule has 2 N–H and O–H groups in total. The summed E-state index contributed by atoms with van der Waals surface area (Å²) < 4.78 is 0. The second-order valence-electron chi connectivity index (χ2n) is 7.28. The van der Waals surface area contributed by atoms with Crippen LogP contribution in [0.1, 0.15) is 52.1 Å². The van der Waals surface area contributed by atoms with Gasteiger partial charge in [0.2, 0.25) is 5.91 Å². The molecule has 2 rings (SSSR count). The highest BCUT2D eigenvalue weighted by Gasteiger charge is 2.20. The fraction of sp³-hybridized carbons (Fsp3) is 0.421. The zero-order valence-corrected chi connectivity index (χ0v) is 16.4. The zero-order chi connectivity index (χ0) is 18.8. The van der Waals surface area contributed by atoms with Crippen LogP contribution in [0, 0.1) is 20.8 Å². The minimum Gasteiger partial charge on any atom is -0.342 e. The van der Waals surface area contributed by atoms with E-state index in [-0.39, 0.29) is 23.8 Å². The first-order chi connectivity index (χ1) is 11.6. The molecule has 0 aliphatic rings. The van der Waals surface area contributed by atoms with Crippen LogP contribution < -0.4 is 10.6 Å². The number of aryl methyl sites for hydroxylation is 3. The Balaban J connectivity index is 1.96. The first-order valence-corrected chi connectivity index (χ1v) is 9.02. The molecule has 0 bridgehead atoms.